The molecule has 1 aromatic heterocycles. The second kappa shape index (κ2) is 8.10. The SMILES string of the molecule is O=C(NC1C2CC3CC(C2)CC1C3)Oc1cnn(-c2ccccc2)c1N1CCCC(O)C1. The second-order valence-corrected chi connectivity index (χ2v) is 10.3. The van der Waals surface area contributed by atoms with E-state index in [0.717, 1.165) is 42.7 Å². The Morgan fingerprint density at radius 2 is 1.78 bits per heavy atom. The minimum atomic E-state index is -0.391. The molecular weight excluding hydrogens is 404 g/mol. The van der Waals surface area contributed by atoms with Gasteiger partial charge in [-0.1, -0.05) is 18.2 Å². The number of para-hydroxylation sites is 1. The fraction of sp³-hybridized carbons (Fsp3) is 0.600. The number of aliphatic hydroxyl groups is 1. The molecule has 1 aromatic carbocycles. The number of benzene rings is 1. The van der Waals surface area contributed by atoms with E-state index in [-0.39, 0.29) is 12.1 Å². The summed E-state index contributed by atoms with van der Waals surface area (Å²) < 4.78 is 7.69. The Morgan fingerprint density at radius 1 is 1.06 bits per heavy atom. The number of hydrogen-bond donors (Lipinski definition) is 2. The average Bonchev–Trinajstić information content (AvgIpc) is 3.20. The number of nitrogens with zero attached hydrogens (tertiary/aromatic N) is 3. The Labute approximate surface area is 188 Å². The zero-order chi connectivity index (χ0) is 21.7. The molecule has 1 saturated heterocycles. The summed E-state index contributed by atoms with van der Waals surface area (Å²) in [6.45, 7) is 1.30. The molecule has 2 heterocycles. The minimum Gasteiger partial charge on any atom is -0.405 e. The number of anilines is 1. The van der Waals surface area contributed by atoms with Crippen molar-refractivity contribution < 1.29 is 14.6 Å². The van der Waals surface area contributed by atoms with E-state index in [2.05, 4.69) is 15.3 Å². The van der Waals surface area contributed by atoms with Crippen LogP contribution in [0.15, 0.2) is 36.5 Å². The highest BCUT2D eigenvalue weighted by molar-refractivity contribution is 5.73. The maximum atomic E-state index is 13.0. The van der Waals surface area contributed by atoms with E-state index in [1.54, 1.807) is 6.20 Å². The van der Waals surface area contributed by atoms with Gasteiger partial charge in [0.05, 0.1) is 18.0 Å². The van der Waals surface area contributed by atoms with E-state index < -0.39 is 6.10 Å². The maximum absolute atomic E-state index is 13.0. The van der Waals surface area contributed by atoms with E-state index in [4.69, 9.17) is 4.74 Å². The van der Waals surface area contributed by atoms with Crippen LogP contribution in [0, 0.1) is 23.7 Å². The first kappa shape index (κ1) is 20.1. The molecule has 5 aliphatic rings. The normalized spacial score (nSPS) is 33.3. The van der Waals surface area contributed by atoms with Crippen molar-refractivity contribution in [3.05, 3.63) is 36.5 Å². The Balaban J connectivity index is 1.23. The quantitative estimate of drug-likeness (QED) is 0.763. The molecule has 5 fully saturated rings. The van der Waals surface area contributed by atoms with Gasteiger partial charge in [-0.15, -0.1) is 0 Å². The van der Waals surface area contributed by atoms with Gasteiger partial charge in [0.2, 0.25) is 0 Å². The predicted molar refractivity (Wildman–Crippen MR) is 121 cm³/mol. The summed E-state index contributed by atoms with van der Waals surface area (Å²) in [6, 6.07) is 10.1. The molecule has 0 radical (unpaired) electrons. The molecule has 7 heteroatoms. The maximum Gasteiger partial charge on any atom is 0.413 e. The molecule has 2 aromatic rings. The number of carbonyl (C=O) groups is 1. The number of aromatic nitrogens is 2. The number of amides is 1. The van der Waals surface area contributed by atoms with Gasteiger partial charge in [-0.05, 0) is 80.8 Å². The Morgan fingerprint density at radius 3 is 2.47 bits per heavy atom. The van der Waals surface area contributed by atoms with Crippen LogP contribution in [0.1, 0.15) is 44.9 Å². The van der Waals surface area contributed by atoms with Crippen molar-refractivity contribution in [2.24, 2.45) is 23.7 Å². The van der Waals surface area contributed by atoms with Gasteiger partial charge in [0.1, 0.15) is 0 Å². The summed E-state index contributed by atoms with van der Waals surface area (Å²) in [5.41, 5.74) is 0.902. The number of piperidine rings is 1. The van der Waals surface area contributed by atoms with Gasteiger partial charge in [-0.2, -0.15) is 5.10 Å². The number of nitrogens with one attached hydrogen (secondary N) is 1. The van der Waals surface area contributed by atoms with E-state index in [1.165, 1.54) is 32.1 Å². The van der Waals surface area contributed by atoms with Crippen LogP contribution < -0.4 is 15.0 Å². The molecule has 1 unspecified atom stereocenters. The number of aliphatic hydroxyl groups excluding tert-OH is 1. The Hall–Kier alpha value is -2.54. The highest BCUT2D eigenvalue weighted by atomic mass is 16.6. The predicted octanol–water partition coefficient (Wildman–Crippen LogP) is 3.75. The third kappa shape index (κ3) is 3.66. The first-order valence-electron chi connectivity index (χ1n) is 12.2. The molecule has 4 saturated carbocycles. The van der Waals surface area contributed by atoms with Gasteiger partial charge >= 0.3 is 6.09 Å². The smallest absolute Gasteiger partial charge is 0.405 e. The van der Waals surface area contributed by atoms with Crippen molar-refractivity contribution in [3.63, 3.8) is 0 Å². The van der Waals surface area contributed by atoms with Crippen LogP contribution in [0.4, 0.5) is 10.6 Å². The van der Waals surface area contributed by atoms with E-state index >= 15 is 0 Å². The summed E-state index contributed by atoms with van der Waals surface area (Å²) in [6.07, 6.45) is 8.93. The van der Waals surface area contributed by atoms with E-state index in [1.807, 2.05) is 35.0 Å². The summed E-state index contributed by atoms with van der Waals surface area (Å²) in [5.74, 6) is 4.12. The molecular formula is C25H32N4O3. The lowest BCUT2D eigenvalue weighted by atomic mass is 9.54. The number of ether oxygens (including phenoxy) is 1. The molecule has 170 valence electrons. The van der Waals surface area contributed by atoms with Crippen LogP contribution in [-0.4, -0.2) is 46.2 Å². The van der Waals surface area contributed by atoms with Crippen molar-refractivity contribution in [2.75, 3.05) is 18.0 Å². The third-order valence-corrected chi connectivity index (χ3v) is 8.12. The number of β-amino-alcohol motifs (C(OH)–C–C–N with tert-alkyl or cyclic N) is 1. The highest BCUT2D eigenvalue weighted by Crippen LogP contribution is 2.53. The first-order chi connectivity index (χ1) is 15.6. The molecule has 0 spiro atoms. The van der Waals surface area contributed by atoms with Crippen LogP contribution in [0.3, 0.4) is 0 Å². The summed E-state index contributed by atoms with van der Waals surface area (Å²) in [4.78, 5) is 15.1. The van der Waals surface area contributed by atoms with Crippen LogP contribution >= 0.6 is 0 Å². The van der Waals surface area contributed by atoms with Gasteiger partial charge in [0.25, 0.3) is 0 Å². The summed E-state index contributed by atoms with van der Waals surface area (Å²) in [5, 5.41) is 18.0. The molecule has 32 heavy (non-hydrogen) atoms. The zero-order valence-corrected chi connectivity index (χ0v) is 18.4. The number of carbonyl (C=O) groups excluding carboxylic acids is 1. The van der Waals surface area contributed by atoms with Gasteiger partial charge in [-0.3, -0.25) is 0 Å². The lowest BCUT2D eigenvalue weighted by Crippen LogP contribution is -2.56. The van der Waals surface area contributed by atoms with E-state index in [9.17, 15) is 9.90 Å². The summed E-state index contributed by atoms with van der Waals surface area (Å²) in [7, 11) is 0. The van der Waals surface area contributed by atoms with Gasteiger partial charge < -0.3 is 20.1 Å². The van der Waals surface area contributed by atoms with Gasteiger partial charge in [-0.25, -0.2) is 9.48 Å². The Bertz CT molecular complexity index is 947. The zero-order valence-electron chi connectivity index (χ0n) is 18.4. The molecule has 1 aliphatic heterocycles. The van der Waals surface area contributed by atoms with Crippen LogP contribution in [0.25, 0.3) is 5.69 Å². The molecule has 2 N–H and O–H groups in total. The van der Waals surface area contributed by atoms with Crippen LogP contribution in [-0.2, 0) is 0 Å². The lowest BCUT2D eigenvalue weighted by Gasteiger charge is -2.54. The first-order valence-corrected chi connectivity index (χ1v) is 12.2. The highest BCUT2D eigenvalue weighted by Gasteiger charge is 2.48. The average molecular weight is 437 g/mol. The standard InChI is InChI=1S/C25H32N4O3/c30-21-7-4-8-28(15-21)24-22(14-26-29(24)20-5-2-1-3-6-20)32-25(31)27-23-18-10-16-9-17(12-18)13-19(23)11-16/h1-3,5-6,14,16-19,21,23,30H,4,7-13,15H2,(H,27,31). The number of rotatable bonds is 4. The molecule has 4 bridgehead atoms. The van der Waals surface area contributed by atoms with Crippen molar-refractivity contribution in [1.82, 2.24) is 15.1 Å². The monoisotopic (exact) mass is 436 g/mol. The fourth-order valence-electron chi connectivity index (χ4n) is 7.02. The van der Waals surface area contributed by atoms with Gasteiger partial charge in [0.15, 0.2) is 11.6 Å². The minimum absolute atomic E-state index is 0.236. The Kier molecular flexibility index (Phi) is 5.09. The third-order valence-electron chi connectivity index (χ3n) is 8.12. The molecule has 4 aliphatic carbocycles. The van der Waals surface area contributed by atoms with Crippen molar-refractivity contribution in [3.8, 4) is 11.4 Å². The van der Waals surface area contributed by atoms with Crippen molar-refractivity contribution >= 4 is 11.9 Å². The molecule has 1 amide bonds. The molecule has 1 atom stereocenters. The fourth-order valence-corrected chi connectivity index (χ4v) is 7.02. The van der Waals surface area contributed by atoms with Crippen molar-refractivity contribution in [2.45, 2.75) is 57.1 Å². The van der Waals surface area contributed by atoms with E-state index in [0.29, 0.717) is 24.1 Å². The van der Waals surface area contributed by atoms with Gasteiger partial charge in [0, 0.05) is 19.1 Å². The summed E-state index contributed by atoms with van der Waals surface area (Å²) >= 11 is 0. The van der Waals surface area contributed by atoms with Crippen molar-refractivity contribution in [1.29, 1.82) is 0 Å². The van der Waals surface area contributed by atoms with Crippen LogP contribution in [0.2, 0.25) is 0 Å². The molecule has 7 rings (SSSR count). The lowest BCUT2D eigenvalue weighted by molar-refractivity contribution is -0.0114. The topological polar surface area (TPSA) is 79.6 Å². The number of hydrogen-bond acceptors (Lipinski definition) is 5. The van der Waals surface area contributed by atoms with Crippen LogP contribution in [0.5, 0.6) is 5.75 Å². The second-order valence-electron chi connectivity index (χ2n) is 10.3. The molecule has 7 nitrogen and oxygen atoms in total. The largest absolute Gasteiger partial charge is 0.413 e.